The minimum absolute atomic E-state index is 0.119. The maximum atomic E-state index is 14.2. The van der Waals surface area contributed by atoms with Crippen molar-refractivity contribution in [2.24, 2.45) is 0 Å². The van der Waals surface area contributed by atoms with Crippen LogP contribution in [0.3, 0.4) is 0 Å². The van der Waals surface area contributed by atoms with Crippen molar-refractivity contribution in [3.8, 4) is 17.1 Å². The number of hydrogen-bond acceptors (Lipinski definition) is 6. The van der Waals surface area contributed by atoms with Gasteiger partial charge in [0.2, 0.25) is 0 Å². The summed E-state index contributed by atoms with van der Waals surface area (Å²) in [6, 6.07) is 5.73. The molecule has 0 atom stereocenters. The molecule has 0 radical (unpaired) electrons. The predicted molar refractivity (Wildman–Crippen MR) is 99.9 cm³/mol. The lowest BCUT2D eigenvalue weighted by Crippen LogP contribution is -2.19. The van der Waals surface area contributed by atoms with E-state index in [1.807, 2.05) is 0 Å². The van der Waals surface area contributed by atoms with Crippen LogP contribution >= 0.6 is 11.6 Å². The van der Waals surface area contributed by atoms with Crippen molar-refractivity contribution in [1.29, 1.82) is 0 Å². The molecule has 0 aliphatic rings. The van der Waals surface area contributed by atoms with Crippen molar-refractivity contribution < 1.29 is 13.9 Å². The van der Waals surface area contributed by atoms with Gasteiger partial charge in [0.1, 0.15) is 5.82 Å². The maximum Gasteiger partial charge on any atom is 0.254 e. The van der Waals surface area contributed by atoms with Gasteiger partial charge in [-0.3, -0.25) is 9.78 Å². The van der Waals surface area contributed by atoms with Gasteiger partial charge in [0.15, 0.2) is 17.4 Å². The predicted octanol–water partition coefficient (Wildman–Crippen LogP) is 3.44. The fraction of sp³-hybridized carbons (Fsp3) is 0.111. The van der Waals surface area contributed by atoms with Crippen LogP contribution in [0.15, 0.2) is 42.9 Å². The molecule has 1 amide bonds. The second-order valence-electron chi connectivity index (χ2n) is 5.36. The Hall–Kier alpha value is -3.26. The zero-order valence-electron chi connectivity index (χ0n) is 14.5. The van der Waals surface area contributed by atoms with Crippen LogP contribution in [0.4, 0.5) is 15.9 Å². The minimum Gasteiger partial charge on any atom is -0.491 e. The van der Waals surface area contributed by atoms with Gasteiger partial charge in [-0.15, -0.1) is 0 Å². The molecule has 7 nitrogen and oxygen atoms in total. The van der Waals surface area contributed by atoms with E-state index in [0.29, 0.717) is 22.0 Å². The molecule has 0 spiro atoms. The molecule has 0 aliphatic heterocycles. The lowest BCUT2D eigenvalue weighted by Gasteiger charge is -2.14. The van der Waals surface area contributed by atoms with E-state index in [9.17, 15) is 9.18 Å². The molecule has 0 bridgehead atoms. The lowest BCUT2D eigenvalue weighted by molar-refractivity contribution is 0.0963. The number of carbonyl (C=O) groups is 1. The Labute approximate surface area is 159 Å². The van der Waals surface area contributed by atoms with Crippen molar-refractivity contribution in [2.75, 3.05) is 19.5 Å². The van der Waals surface area contributed by atoms with E-state index in [1.165, 1.54) is 50.9 Å². The molecule has 0 aliphatic carbocycles. The van der Waals surface area contributed by atoms with Gasteiger partial charge in [-0.2, -0.15) is 0 Å². The van der Waals surface area contributed by atoms with Gasteiger partial charge in [-0.1, -0.05) is 11.6 Å². The van der Waals surface area contributed by atoms with E-state index in [-0.39, 0.29) is 23.1 Å². The average Bonchev–Trinajstić information content (AvgIpc) is 2.69. The highest BCUT2D eigenvalue weighted by Crippen LogP contribution is 2.30. The zero-order chi connectivity index (χ0) is 19.4. The van der Waals surface area contributed by atoms with E-state index < -0.39 is 5.82 Å². The van der Waals surface area contributed by atoms with Crippen LogP contribution in [0.2, 0.25) is 5.02 Å². The standard InChI is InChI=1S/C18H15ClFN5O2/c1-21-18(26)12-8-22-6-5-14(12)24-17-15(27-2)9-23-16(25-17)11-7-10(19)3-4-13(11)20/h3-9H,1-2H3,(H,21,26)(H,22,23,24,25). The summed E-state index contributed by atoms with van der Waals surface area (Å²) in [7, 11) is 2.97. The molecule has 0 fully saturated rings. The minimum atomic E-state index is -0.509. The third-order valence-corrected chi connectivity index (χ3v) is 3.93. The first kappa shape index (κ1) is 18.5. The highest BCUT2D eigenvalue weighted by atomic mass is 35.5. The second-order valence-corrected chi connectivity index (χ2v) is 5.80. The van der Waals surface area contributed by atoms with Gasteiger partial charge >= 0.3 is 0 Å². The van der Waals surface area contributed by atoms with E-state index >= 15 is 0 Å². The molecule has 9 heteroatoms. The van der Waals surface area contributed by atoms with Crippen molar-refractivity contribution in [1.82, 2.24) is 20.3 Å². The number of carbonyl (C=O) groups excluding carboxylic acids is 1. The second kappa shape index (κ2) is 7.96. The zero-order valence-corrected chi connectivity index (χ0v) is 15.2. The quantitative estimate of drug-likeness (QED) is 0.697. The summed E-state index contributed by atoms with van der Waals surface area (Å²) in [6.45, 7) is 0. The van der Waals surface area contributed by atoms with E-state index in [0.717, 1.165) is 0 Å². The van der Waals surface area contributed by atoms with Crippen LogP contribution in [-0.4, -0.2) is 35.0 Å². The fourth-order valence-corrected chi connectivity index (χ4v) is 2.53. The Morgan fingerprint density at radius 1 is 1.26 bits per heavy atom. The van der Waals surface area contributed by atoms with Gasteiger partial charge in [0.05, 0.1) is 30.1 Å². The summed E-state index contributed by atoms with van der Waals surface area (Å²) in [5.41, 5.74) is 0.921. The Balaban J connectivity index is 2.06. The Kier molecular flexibility index (Phi) is 5.46. The largest absolute Gasteiger partial charge is 0.491 e. The average molecular weight is 388 g/mol. The summed E-state index contributed by atoms with van der Waals surface area (Å²) in [5, 5.41) is 5.92. The molecule has 2 aromatic heterocycles. The highest BCUT2D eigenvalue weighted by Gasteiger charge is 2.16. The number of amides is 1. The van der Waals surface area contributed by atoms with Crippen LogP contribution in [-0.2, 0) is 0 Å². The first-order chi connectivity index (χ1) is 13.0. The summed E-state index contributed by atoms with van der Waals surface area (Å²) < 4.78 is 19.4. The van der Waals surface area contributed by atoms with E-state index in [2.05, 4.69) is 25.6 Å². The van der Waals surface area contributed by atoms with Crippen molar-refractivity contribution in [3.63, 3.8) is 0 Å². The summed E-state index contributed by atoms with van der Waals surface area (Å²) in [6.07, 6.45) is 4.36. The van der Waals surface area contributed by atoms with Crippen molar-refractivity contribution in [2.45, 2.75) is 0 Å². The molecule has 2 N–H and O–H groups in total. The Morgan fingerprint density at radius 2 is 2.07 bits per heavy atom. The molecular formula is C18H15ClFN5O2. The first-order valence-corrected chi connectivity index (χ1v) is 8.21. The molecule has 3 rings (SSSR count). The molecule has 3 aromatic rings. The Morgan fingerprint density at radius 3 is 2.81 bits per heavy atom. The SMILES string of the molecule is CNC(=O)c1cnccc1Nc1nc(-c2cc(Cl)ccc2F)ncc1OC. The van der Waals surface area contributed by atoms with Crippen LogP contribution in [0, 0.1) is 5.82 Å². The normalized spacial score (nSPS) is 10.4. The van der Waals surface area contributed by atoms with Gasteiger partial charge in [-0.05, 0) is 24.3 Å². The smallest absolute Gasteiger partial charge is 0.254 e. The molecular weight excluding hydrogens is 373 g/mol. The Bertz CT molecular complexity index is 999. The number of halogens is 2. The summed E-state index contributed by atoms with van der Waals surface area (Å²) in [4.78, 5) is 24.5. The molecule has 2 heterocycles. The summed E-state index contributed by atoms with van der Waals surface area (Å²) in [5.74, 6) is -0.127. The van der Waals surface area contributed by atoms with Crippen molar-refractivity contribution in [3.05, 3.63) is 59.3 Å². The number of aromatic nitrogens is 3. The fourth-order valence-electron chi connectivity index (χ4n) is 2.35. The van der Waals surface area contributed by atoms with E-state index in [1.54, 1.807) is 6.07 Å². The molecule has 0 saturated heterocycles. The van der Waals surface area contributed by atoms with E-state index in [4.69, 9.17) is 16.3 Å². The molecule has 1 aromatic carbocycles. The van der Waals surface area contributed by atoms with Gasteiger partial charge in [0.25, 0.3) is 5.91 Å². The first-order valence-electron chi connectivity index (χ1n) is 7.83. The molecule has 0 saturated carbocycles. The highest BCUT2D eigenvalue weighted by molar-refractivity contribution is 6.30. The number of ether oxygens (including phenoxy) is 1. The molecule has 27 heavy (non-hydrogen) atoms. The number of rotatable bonds is 5. The number of anilines is 2. The third-order valence-electron chi connectivity index (χ3n) is 3.69. The number of pyridine rings is 1. The molecule has 138 valence electrons. The third kappa shape index (κ3) is 3.95. The lowest BCUT2D eigenvalue weighted by atomic mass is 10.2. The van der Waals surface area contributed by atoms with Crippen LogP contribution in [0.25, 0.3) is 11.4 Å². The number of hydrogen-bond donors (Lipinski definition) is 2. The monoisotopic (exact) mass is 387 g/mol. The molecule has 0 unspecified atom stereocenters. The van der Waals surface area contributed by atoms with Crippen LogP contribution < -0.4 is 15.4 Å². The summed E-state index contributed by atoms with van der Waals surface area (Å²) >= 11 is 5.95. The topological polar surface area (TPSA) is 89.0 Å². The van der Waals surface area contributed by atoms with Gasteiger partial charge in [-0.25, -0.2) is 14.4 Å². The number of methoxy groups -OCH3 is 1. The van der Waals surface area contributed by atoms with Crippen LogP contribution in [0.1, 0.15) is 10.4 Å². The maximum absolute atomic E-state index is 14.2. The number of nitrogens with zero attached hydrogens (tertiary/aromatic N) is 3. The number of benzene rings is 1. The van der Waals surface area contributed by atoms with Crippen molar-refractivity contribution >= 4 is 29.0 Å². The van der Waals surface area contributed by atoms with Gasteiger partial charge < -0.3 is 15.4 Å². The number of nitrogens with one attached hydrogen (secondary N) is 2. The van der Waals surface area contributed by atoms with Gasteiger partial charge in [0, 0.05) is 24.5 Å². The van der Waals surface area contributed by atoms with Crippen LogP contribution in [0.5, 0.6) is 5.75 Å².